The fourth-order valence-electron chi connectivity index (χ4n) is 2.76. The zero-order valence-electron chi connectivity index (χ0n) is 12.6. The maximum atomic E-state index is 12.3. The number of thiazole rings is 1. The Bertz CT molecular complexity index is 618. The van der Waals surface area contributed by atoms with Crippen molar-refractivity contribution in [1.29, 1.82) is 0 Å². The molecule has 2 aromatic heterocycles. The summed E-state index contributed by atoms with van der Waals surface area (Å²) in [5, 5.41) is 8.07. The van der Waals surface area contributed by atoms with E-state index in [4.69, 9.17) is 4.74 Å². The Kier molecular flexibility index (Phi) is 4.90. The molecule has 1 amide bonds. The number of thiophene rings is 1. The molecule has 0 bridgehead atoms. The molecule has 2 aromatic rings. The van der Waals surface area contributed by atoms with Gasteiger partial charge < -0.3 is 10.1 Å². The summed E-state index contributed by atoms with van der Waals surface area (Å²) in [5.41, 5.74) is 1.33. The lowest BCUT2D eigenvalue weighted by Gasteiger charge is -2.42. The SMILES string of the molecule is COCCC1(CNC(=O)c2cnc(-c3ccsc3)s2)CCC1. The summed E-state index contributed by atoms with van der Waals surface area (Å²) in [6.07, 6.45) is 6.31. The Morgan fingerprint density at radius 1 is 1.50 bits per heavy atom. The molecule has 1 aliphatic rings. The first-order valence-corrected chi connectivity index (χ1v) is 9.24. The quantitative estimate of drug-likeness (QED) is 0.836. The molecule has 0 saturated heterocycles. The molecular weight excluding hydrogens is 316 g/mol. The van der Waals surface area contributed by atoms with Gasteiger partial charge in [0.05, 0.1) is 6.20 Å². The highest BCUT2D eigenvalue weighted by Crippen LogP contribution is 2.43. The Hall–Kier alpha value is -1.24. The third-order valence-electron chi connectivity index (χ3n) is 4.37. The number of hydrogen-bond donors (Lipinski definition) is 1. The van der Waals surface area contributed by atoms with Crippen LogP contribution in [-0.2, 0) is 4.74 Å². The summed E-state index contributed by atoms with van der Waals surface area (Å²) in [6, 6.07) is 2.03. The van der Waals surface area contributed by atoms with Gasteiger partial charge in [-0.1, -0.05) is 6.42 Å². The third kappa shape index (κ3) is 3.39. The van der Waals surface area contributed by atoms with Gasteiger partial charge in [-0.15, -0.1) is 11.3 Å². The summed E-state index contributed by atoms with van der Waals surface area (Å²) in [5.74, 6) is -0.0114. The monoisotopic (exact) mass is 336 g/mol. The first kappa shape index (κ1) is 15.6. The van der Waals surface area contributed by atoms with Gasteiger partial charge in [-0.3, -0.25) is 4.79 Å². The van der Waals surface area contributed by atoms with E-state index >= 15 is 0 Å². The van der Waals surface area contributed by atoms with Crippen molar-refractivity contribution in [1.82, 2.24) is 10.3 Å². The minimum absolute atomic E-state index is 0.0114. The highest BCUT2D eigenvalue weighted by Gasteiger charge is 2.36. The second kappa shape index (κ2) is 6.89. The largest absolute Gasteiger partial charge is 0.385 e. The average Bonchev–Trinajstić information content (AvgIpc) is 3.16. The molecule has 22 heavy (non-hydrogen) atoms. The molecular formula is C16H20N2O2S2. The van der Waals surface area contributed by atoms with Gasteiger partial charge in [0, 0.05) is 31.2 Å². The number of amides is 1. The van der Waals surface area contributed by atoms with E-state index in [2.05, 4.69) is 15.7 Å². The van der Waals surface area contributed by atoms with Crippen LogP contribution >= 0.6 is 22.7 Å². The van der Waals surface area contributed by atoms with Gasteiger partial charge in [0.1, 0.15) is 9.88 Å². The second-order valence-corrected chi connectivity index (χ2v) is 7.63. The molecule has 3 rings (SSSR count). The fourth-order valence-corrected chi connectivity index (χ4v) is 4.31. The highest BCUT2D eigenvalue weighted by atomic mass is 32.1. The van der Waals surface area contributed by atoms with Crippen LogP contribution in [0.2, 0.25) is 0 Å². The molecule has 2 heterocycles. The fraction of sp³-hybridized carbons (Fsp3) is 0.500. The number of rotatable bonds is 7. The van der Waals surface area contributed by atoms with Crippen LogP contribution in [0.3, 0.4) is 0 Å². The molecule has 0 atom stereocenters. The number of ether oxygens (including phenoxy) is 1. The molecule has 1 saturated carbocycles. The lowest BCUT2D eigenvalue weighted by Crippen LogP contribution is -2.42. The van der Waals surface area contributed by atoms with Crippen LogP contribution < -0.4 is 5.32 Å². The Balaban J connectivity index is 1.58. The van der Waals surface area contributed by atoms with E-state index in [0.717, 1.165) is 30.1 Å². The summed E-state index contributed by atoms with van der Waals surface area (Å²) in [4.78, 5) is 17.4. The van der Waals surface area contributed by atoms with Gasteiger partial charge in [-0.05, 0) is 36.1 Å². The molecule has 0 aromatic carbocycles. The molecule has 0 spiro atoms. The predicted molar refractivity (Wildman–Crippen MR) is 90.5 cm³/mol. The van der Waals surface area contributed by atoms with Crippen molar-refractivity contribution < 1.29 is 9.53 Å². The molecule has 0 unspecified atom stereocenters. The van der Waals surface area contributed by atoms with Crippen LogP contribution in [0.5, 0.6) is 0 Å². The van der Waals surface area contributed by atoms with Gasteiger partial charge in [0.25, 0.3) is 5.91 Å². The Labute approximate surface area is 138 Å². The molecule has 1 fully saturated rings. The van der Waals surface area contributed by atoms with E-state index in [1.54, 1.807) is 24.6 Å². The van der Waals surface area contributed by atoms with Crippen molar-refractivity contribution in [2.75, 3.05) is 20.3 Å². The van der Waals surface area contributed by atoms with E-state index < -0.39 is 0 Å². The minimum atomic E-state index is -0.0114. The Morgan fingerprint density at radius 2 is 2.36 bits per heavy atom. The lowest BCUT2D eigenvalue weighted by molar-refractivity contribution is 0.0633. The smallest absolute Gasteiger partial charge is 0.263 e. The highest BCUT2D eigenvalue weighted by molar-refractivity contribution is 7.17. The van der Waals surface area contributed by atoms with Crippen molar-refractivity contribution in [3.8, 4) is 10.6 Å². The van der Waals surface area contributed by atoms with Crippen molar-refractivity contribution in [2.45, 2.75) is 25.7 Å². The maximum absolute atomic E-state index is 12.3. The average molecular weight is 336 g/mol. The Morgan fingerprint density at radius 3 is 3.00 bits per heavy atom. The number of carbonyl (C=O) groups excluding carboxylic acids is 1. The predicted octanol–water partition coefficient (Wildman–Crippen LogP) is 3.81. The van der Waals surface area contributed by atoms with Gasteiger partial charge in [-0.2, -0.15) is 11.3 Å². The molecule has 1 aliphatic carbocycles. The van der Waals surface area contributed by atoms with Crippen molar-refractivity contribution >= 4 is 28.6 Å². The summed E-state index contributed by atoms with van der Waals surface area (Å²) >= 11 is 3.09. The van der Waals surface area contributed by atoms with Crippen molar-refractivity contribution in [3.05, 3.63) is 27.9 Å². The molecule has 4 nitrogen and oxygen atoms in total. The van der Waals surface area contributed by atoms with Gasteiger partial charge in [0.2, 0.25) is 0 Å². The first-order valence-electron chi connectivity index (χ1n) is 7.48. The van der Waals surface area contributed by atoms with Crippen LogP contribution in [0.4, 0.5) is 0 Å². The van der Waals surface area contributed by atoms with Gasteiger partial charge in [0.15, 0.2) is 0 Å². The van der Waals surface area contributed by atoms with Crippen LogP contribution in [0.15, 0.2) is 23.0 Å². The minimum Gasteiger partial charge on any atom is -0.385 e. The van der Waals surface area contributed by atoms with E-state index in [1.165, 1.54) is 30.6 Å². The summed E-state index contributed by atoms with van der Waals surface area (Å²) < 4.78 is 5.19. The van der Waals surface area contributed by atoms with E-state index in [1.807, 2.05) is 11.4 Å². The topological polar surface area (TPSA) is 51.2 Å². The van der Waals surface area contributed by atoms with Gasteiger partial charge >= 0.3 is 0 Å². The molecule has 0 radical (unpaired) electrons. The molecule has 118 valence electrons. The van der Waals surface area contributed by atoms with Crippen LogP contribution in [0, 0.1) is 5.41 Å². The number of carbonyl (C=O) groups is 1. The number of hydrogen-bond acceptors (Lipinski definition) is 5. The number of nitrogens with zero attached hydrogens (tertiary/aromatic N) is 1. The van der Waals surface area contributed by atoms with E-state index in [0.29, 0.717) is 4.88 Å². The van der Waals surface area contributed by atoms with Crippen LogP contribution in [-0.4, -0.2) is 31.2 Å². The van der Waals surface area contributed by atoms with Crippen molar-refractivity contribution in [2.24, 2.45) is 5.41 Å². The zero-order valence-corrected chi connectivity index (χ0v) is 14.3. The van der Waals surface area contributed by atoms with Crippen LogP contribution in [0.1, 0.15) is 35.4 Å². The standard InChI is InChI=1S/C16H20N2O2S2/c1-20-7-6-16(4-2-5-16)11-18-14(19)13-9-17-15(22-13)12-3-8-21-10-12/h3,8-10H,2,4-7,11H2,1H3,(H,18,19). The summed E-state index contributed by atoms with van der Waals surface area (Å²) in [7, 11) is 1.73. The van der Waals surface area contributed by atoms with E-state index in [9.17, 15) is 4.79 Å². The molecule has 6 heteroatoms. The van der Waals surface area contributed by atoms with Gasteiger partial charge in [-0.25, -0.2) is 4.98 Å². The number of nitrogens with one attached hydrogen (secondary N) is 1. The lowest BCUT2D eigenvalue weighted by atomic mass is 9.67. The van der Waals surface area contributed by atoms with Crippen molar-refractivity contribution in [3.63, 3.8) is 0 Å². The number of methoxy groups -OCH3 is 1. The van der Waals surface area contributed by atoms with E-state index in [-0.39, 0.29) is 11.3 Å². The molecule has 1 N–H and O–H groups in total. The second-order valence-electron chi connectivity index (χ2n) is 5.82. The zero-order chi connectivity index (χ0) is 15.4. The van der Waals surface area contributed by atoms with Crippen LogP contribution in [0.25, 0.3) is 10.6 Å². The maximum Gasteiger partial charge on any atom is 0.263 e. The first-order chi connectivity index (χ1) is 10.7. The summed E-state index contributed by atoms with van der Waals surface area (Å²) in [6.45, 7) is 1.50. The molecule has 0 aliphatic heterocycles. The normalized spacial score (nSPS) is 16.2. The third-order valence-corrected chi connectivity index (χ3v) is 6.10. The number of aromatic nitrogens is 1.